The van der Waals surface area contributed by atoms with E-state index in [4.69, 9.17) is 9.73 Å². The number of rotatable bonds is 4. The van der Waals surface area contributed by atoms with Crippen molar-refractivity contribution in [2.45, 2.75) is 12.5 Å². The lowest BCUT2D eigenvalue weighted by Gasteiger charge is -2.40. The van der Waals surface area contributed by atoms with Gasteiger partial charge in [-0.2, -0.15) is 0 Å². The molecular formula is C21H25N3O. The van der Waals surface area contributed by atoms with Crippen LogP contribution in [-0.2, 0) is 4.74 Å². The predicted molar refractivity (Wildman–Crippen MR) is 102 cm³/mol. The van der Waals surface area contributed by atoms with Crippen molar-refractivity contribution in [2.75, 3.05) is 44.3 Å². The number of nitrogens with zero attached hydrogens (tertiary/aromatic N) is 3. The Kier molecular flexibility index (Phi) is 5.09. The van der Waals surface area contributed by atoms with Gasteiger partial charge in [0.25, 0.3) is 0 Å². The highest BCUT2D eigenvalue weighted by atomic mass is 16.5. The molecule has 0 spiro atoms. The molecule has 2 aliphatic rings. The average molecular weight is 335 g/mol. The first-order valence-electron chi connectivity index (χ1n) is 9.14. The number of hydrogen-bond acceptors (Lipinski definition) is 4. The maximum atomic E-state index is 5.50. The monoisotopic (exact) mass is 335 g/mol. The van der Waals surface area contributed by atoms with Crippen molar-refractivity contribution in [1.82, 2.24) is 4.90 Å². The van der Waals surface area contributed by atoms with Gasteiger partial charge in [-0.1, -0.05) is 48.5 Å². The minimum Gasteiger partial charge on any atom is -0.379 e. The fourth-order valence-electron chi connectivity index (χ4n) is 3.70. The quantitative estimate of drug-likeness (QED) is 0.857. The summed E-state index contributed by atoms with van der Waals surface area (Å²) in [5, 5.41) is 0. The van der Waals surface area contributed by atoms with Gasteiger partial charge >= 0.3 is 0 Å². The van der Waals surface area contributed by atoms with Gasteiger partial charge < -0.3 is 9.64 Å². The Morgan fingerprint density at radius 2 is 1.60 bits per heavy atom. The minimum absolute atomic E-state index is 0.345. The summed E-state index contributed by atoms with van der Waals surface area (Å²) in [5.41, 5.74) is 2.59. The summed E-state index contributed by atoms with van der Waals surface area (Å²) >= 11 is 0. The number of para-hydroxylation sites is 1. The van der Waals surface area contributed by atoms with Crippen LogP contribution in [-0.4, -0.2) is 50.1 Å². The summed E-state index contributed by atoms with van der Waals surface area (Å²) in [6.07, 6.45) is 1.05. The van der Waals surface area contributed by atoms with Crippen molar-refractivity contribution in [2.24, 2.45) is 4.99 Å². The molecule has 0 amide bonds. The topological polar surface area (TPSA) is 28.1 Å². The molecule has 0 radical (unpaired) electrons. The van der Waals surface area contributed by atoms with E-state index in [1.807, 2.05) is 0 Å². The average Bonchev–Trinajstić information content (AvgIpc) is 2.70. The van der Waals surface area contributed by atoms with Gasteiger partial charge in [-0.05, 0) is 24.1 Å². The number of morpholine rings is 1. The van der Waals surface area contributed by atoms with Crippen molar-refractivity contribution in [1.29, 1.82) is 0 Å². The Labute approximate surface area is 149 Å². The third-order valence-electron chi connectivity index (χ3n) is 4.97. The molecule has 0 bridgehead atoms. The highest BCUT2D eigenvalue weighted by Crippen LogP contribution is 2.33. The SMILES string of the molecule is c1ccc(C2CCN=C(CN3CCOCC3)N2c2ccccc2)cc1. The molecule has 4 nitrogen and oxygen atoms in total. The Morgan fingerprint density at radius 1 is 0.920 bits per heavy atom. The molecule has 1 atom stereocenters. The molecule has 4 rings (SSSR count). The molecule has 0 N–H and O–H groups in total. The molecule has 25 heavy (non-hydrogen) atoms. The fourth-order valence-corrected chi connectivity index (χ4v) is 3.70. The van der Waals surface area contributed by atoms with Crippen molar-refractivity contribution < 1.29 is 4.74 Å². The van der Waals surface area contributed by atoms with Crippen LogP contribution < -0.4 is 4.90 Å². The molecule has 0 saturated carbocycles. The normalized spacial score (nSPS) is 21.8. The number of benzene rings is 2. The number of aliphatic imine (C=N–C) groups is 1. The Balaban J connectivity index is 1.65. The Hall–Kier alpha value is -2.17. The van der Waals surface area contributed by atoms with Crippen molar-refractivity contribution in [3.05, 3.63) is 66.2 Å². The second-order valence-corrected chi connectivity index (χ2v) is 6.61. The second-order valence-electron chi connectivity index (χ2n) is 6.61. The van der Waals surface area contributed by atoms with Gasteiger partial charge in [0, 0.05) is 25.3 Å². The van der Waals surface area contributed by atoms with Crippen molar-refractivity contribution >= 4 is 11.5 Å². The number of hydrogen-bond donors (Lipinski definition) is 0. The summed E-state index contributed by atoms with van der Waals surface area (Å²) in [7, 11) is 0. The van der Waals surface area contributed by atoms with Crippen LogP contribution in [0.4, 0.5) is 5.69 Å². The fraction of sp³-hybridized carbons (Fsp3) is 0.381. The smallest absolute Gasteiger partial charge is 0.118 e. The Morgan fingerprint density at radius 3 is 2.32 bits per heavy atom. The van der Waals surface area contributed by atoms with Crippen LogP contribution in [0.2, 0.25) is 0 Å². The maximum absolute atomic E-state index is 5.50. The van der Waals surface area contributed by atoms with E-state index in [0.717, 1.165) is 45.8 Å². The van der Waals surface area contributed by atoms with E-state index in [-0.39, 0.29) is 0 Å². The summed E-state index contributed by atoms with van der Waals surface area (Å²) in [4.78, 5) is 9.81. The second kappa shape index (κ2) is 7.81. The zero-order chi connectivity index (χ0) is 16.9. The molecule has 0 aliphatic carbocycles. The third-order valence-corrected chi connectivity index (χ3v) is 4.97. The molecule has 2 aliphatic heterocycles. The van der Waals surface area contributed by atoms with Crippen LogP contribution in [0.25, 0.3) is 0 Å². The third kappa shape index (κ3) is 3.75. The van der Waals surface area contributed by atoms with E-state index in [9.17, 15) is 0 Å². The molecule has 1 fully saturated rings. The van der Waals surface area contributed by atoms with E-state index < -0.39 is 0 Å². The molecule has 2 aromatic rings. The zero-order valence-electron chi connectivity index (χ0n) is 14.6. The predicted octanol–water partition coefficient (Wildman–Crippen LogP) is 3.37. The molecular weight excluding hydrogens is 310 g/mol. The van der Waals surface area contributed by atoms with E-state index in [1.165, 1.54) is 17.1 Å². The van der Waals surface area contributed by atoms with Gasteiger partial charge in [0.15, 0.2) is 0 Å². The lowest BCUT2D eigenvalue weighted by atomic mass is 9.99. The zero-order valence-corrected chi connectivity index (χ0v) is 14.6. The van der Waals surface area contributed by atoms with E-state index in [2.05, 4.69) is 70.5 Å². The van der Waals surface area contributed by atoms with E-state index in [0.29, 0.717) is 6.04 Å². The van der Waals surface area contributed by atoms with Crippen LogP contribution in [0.3, 0.4) is 0 Å². The molecule has 0 aromatic heterocycles. The lowest BCUT2D eigenvalue weighted by Crippen LogP contribution is -2.47. The van der Waals surface area contributed by atoms with E-state index >= 15 is 0 Å². The molecule has 4 heteroatoms. The first-order valence-corrected chi connectivity index (χ1v) is 9.14. The largest absolute Gasteiger partial charge is 0.379 e. The molecule has 2 heterocycles. The van der Waals surface area contributed by atoms with Crippen molar-refractivity contribution in [3.8, 4) is 0 Å². The van der Waals surface area contributed by atoms with Gasteiger partial charge in [0.2, 0.25) is 0 Å². The van der Waals surface area contributed by atoms with Gasteiger partial charge in [0.05, 0.1) is 25.8 Å². The van der Waals surface area contributed by atoms with Crippen LogP contribution in [0.1, 0.15) is 18.0 Å². The number of anilines is 1. The first-order chi connectivity index (χ1) is 12.4. The van der Waals surface area contributed by atoms with Crippen LogP contribution in [0.5, 0.6) is 0 Å². The highest BCUT2D eigenvalue weighted by molar-refractivity contribution is 6.00. The highest BCUT2D eigenvalue weighted by Gasteiger charge is 2.29. The molecule has 1 saturated heterocycles. The van der Waals surface area contributed by atoms with Gasteiger partial charge in [-0.15, -0.1) is 0 Å². The van der Waals surface area contributed by atoms with Crippen LogP contribution in [0.15, 0.2) is 65.7 Å². The summed E-state index contributed by atoms with van der Waals surface area (Å²) < 4.78 is 5.50. The number of ether oxygens (including phenoxy) is 1. The summed E-state index contributed by atoms with van der Waals surface area (Å²) in [6, 6.07) is 21.8. The maximum Gasteiger partial charge on any atom is 0.118 e. The number of amidine groups is 1. The van der Waals surface area contributed by atoms with Gasteiger partial charge in [0.1, 0.15) is 5.84 Å². The van der Waals surface area contributed by atoms with Crippen LogP contribution in [0, 0.1) is 0 Å². The van der Waals surface area contributed by atoms with E-state index in [1.54, 1.807) is 0 Å². The van der Waals surface area contributed by atoms with Crippen LogP contribution >= 0.6 is 0 Å². The van der Waals surface area contributed by atoms with Gasteiger partial charge in [-0.3, -0.25) is 9.89 Å². The van der Waals surface area contributed by atoms with Crippen molar-refractivity contribution in [3.63, 3.8) is 0 Å². The summed E-state index contributed by atoms with van der Waals surface area (Å²) in [5.74, 6) is 1.17. The molecule has 130 valence electrons. The molecule has 1 unspecified atom stereocenters. The van der Waals surface area contributed by atoms with Gasteiger partial charge in [-0.25, -0.2) is 0 Å². The first kappa shape index (κ1) is 16.3. The minimum atomic E-state index is 0.345. The summed E-state index contributed by atoms with van der Waals surface area (Å²) in [6.45, 7) is 5.39. The Bertz CT molecular complexity index is 696. The lowest BCUT2D eigenvalue weighted by molar-refractivity contribution is 0.0450. The standard InChI is InChI=1S/C21H25N3O/c1-3-7-18(8-4-1)20-11-12-22-21(17-23-13-15-25-16-14-23)24(20)19-9-5-2-6-10-19/h1-10,20H,11-17H2. The molecule has 2 aromatic carbocycles.